The summed E-state index contributed by atoms with van der Waals surface area (Å²) in [7, 11) is 3.23. The monoisotopic (exact) mass is 360 g/mol. The van der Waals surface area contributed by atoms with Crippen LogP contribution >= 0.6 is 12.2 Å². The summed E-state index contributed by atoms with van der Waals surface area (Å²) >= 11 is 5.66. The number of thiocarbonyl (C=S) groups is 1. The largest absolute Gasteiger partial charge is 0.493 e. The van der Waals surface area contributed by atoms with Gasteiger partial charge in [-0.25, -0.2) is 4.39 Å². The van der Waals surface area contributed by atoms with Crippen molar-refractivity contribution in [1.29, 1.82) is 0 Å². The van der Waals surface area contributed by atoms with Crippen molar-refractivity contribution < 1.29 is 13.9 Å². The number of anilines is 1. The van der Waals surface area contributed by atoms with Gasteiger partial charge in [-0.05, 0) is 42.5 Å². The lowest BCUT2D eigenvalue weighted by atomic mass is 10.1. The smallest absolute Gasteiger partial charge is 0.161 e. The molecule has 1 saturated heterocycles. The zero-order valence-electron chi connectivity index (χ0n) is 14.4. The Morgan fingerprint density at radius 3 is 2.16 bits per heavy atom. The van der Waals surface area contributed by atoms with Crippen LogP contribution in [0, 0.1) is 5.82 Å². The van der Waals surface area contributed by atoms with Crippen molar-refractivity contribution in [2.45, 2.75) is 0 Å². The van der Waals surface area contributed by atoms with E-state index in [4.69, 9.17) is 21.7 Å². The van der Waals surface area contributed by atoms with Gasteiger partial charge in [0, 0.05) is 37.4 Å². The van der Waals surface area contributed by atoms with Gasteiger partial charge >= 0.3 is 0 Å². The van der Waals surface area contributed by atoms with E-state index in [0.717, 1.165) is 42.4 Å². The number of hydrogen-bond acceptors (Lipinski definition) is 4. The zero-order chi connectivity index (χ0) is 17.8. The minimum atomic E-state index is -0.211. The van der Waals surface area contributed by atoms with Crippen molar-refractivity contribution in [3.8, 4) is 11.5 Å². The first kappa shape index (κ1) is 17.5. The summed E-state index contributed by atoms with van der Waals surface area (Å²) in [5, 5.41) is 0. The molecule has 2 aromatic rings. The van der Waals surface area contributed by atoms with E-state index in [1.165, 1.54) is 12.1 Å². The number of nitrogens with zero attached hydrogens (tertiary/aromatic N) is 2. The summed E-state index contributed by atoms with van der Waals surface area (Å²) in [6.45, 7) is 3.34. The lowest BCUT2D eigenvalue weighted by molar-refractivity contribution is 0.354. The number of piperazine rings is 1. The summed E-state index contributed by atoms with van der Waals surface area (Å²) < 4.78 is 23.7. The molecule has 0 N–H and O–H groups in total. The summed E-state index contributed by atoms with van der Waals surface area (Å²) in [4.78, 5) is 5.24. The fourth-order valence-corrected chi connectivity index (χ4v) is 3.28. The number of ether oxygens (including phenoxy) is 2. The summed E-state index contributed by atoms with van der Waals surface area (Å²) in [5.41, 5.74) is 1.99. The molecule has 1 heterocycles. The normalized spacial score (nSPS) is 14.4. The molecule has 25 heavy (non-hydrogen) atoms. The molecule has 6 heteroatoms. The van der Waals surface area contributed by atoms with Crippen molar-refractivity contribution in [3.63, 3.8) is 0 Å². The first-order chi connectivity index (χ1) is 12.1. The van der Waals surface area contributed by atoms with Gasteiger partial charge in [-0.15, -0.1) is 0 Å². The molecule has 0 saturated carbocycles. The molecule has 0 bridgehead atoms. The molecule has 2 aromatic carbocycles. The lowest BCUT2D eigenvalue weighted by Gasteiger charge is -2.37. The maximum Gasteiger partial charge on any atom is 0.161 e. The lowest BCUT2D eigenvalue weighted by Crippen LogP contribution is -2.48. The highest BCUT2D eigenvalue weighted by Crippen LogP contribution is 2.28. The standard InChI is InChI=1S/C19H21FN2O2S/c1-23-17-8-3-14(13-18(17)24-2)19(25)22-11-9-21(10-12-22)16-6-4-15(20)5-7-16/h3-8,13H,9-12H2,1-2H3. The molecule has 0 amide bonds. The third-order valence-corrected chi connectivity index (χ3v) is 4.88. The predicted molar refractivity (Wildman–Crippen MR) is 101 cm³/mol. The minimum absolute atomic E-state index is 0.211. The number of halogens is 1. The van der Waals surface area contributed by atoms with E-state index in [2.05, 4.69) is 9.80 Å². The molecule has 3 rings (SSSR count). The van der Waals surface area contributed by atoms with Crippen molar-refractivity contribution in [2.75, 3.05) is 45.3 Å². The number of rotatable bonds is 4. The zero-order valence-corrected chi connectivity index (χ0v) is 15.2. The average molecular weight is 360 g/mol. The maximum absolute atomic E-state index is 13.1. The fourth-order valence-electron chi connectivity index (χ4n) is 2.97. The van der Waals surface area contributed by atoms with E-state index in [9.17, 15) is 4.39 Å². The van der Waals surface area contributed by atoms with Gasteiger partial charge in [-0.3, -0.25) is 0 Å². The summed E-state index contributed by atoms with van der Waals surface area (Å²) in [6, 6.07) is 12.4. The van der Waals surface area contributed by atoms with Crippen LogP contribution in [-0.2, 0) is 0 Å². The van der Waals surface area contributed by atoms with Crippen LogP contribution in [-0.4, -0.2) is 50.3 Å². The highest BCUT2D eigenvalue weighted by molar-refractivity contribution is 7.80. The van der Waals surface area contributed by atoms with Crippen LogP contribution in [0.2, 0.25) is 0 Å². The first-order valence-corrected chi connectivity index (χ1v) is 8.55. The summed E-state index contributed by atoms with van der Waals surface area (Å²) in [5.74, 6) is 1.15. The van der Waals surface area contributed by atoms with Crippen LogP contribution in [0.3, 0.4) is 0 Å². The van der Waals surface area contributed by atoms with E-state index in [1.807, 2.05) is 30.3 Å². The average Bonchev–Trinajstić information content (AvgIpc) is 2.67. The van der Waals surface area contributed by atoms with Gasteiger partial charge in [0.1, 0.15) is 10.8 Å². The van der Waals surface area contributed by atoms with Crippen molar-refractivity contribution in [3.05, 3.63) is 53.8 Å². The molecule has 0 aliphatic carbocycles. The van der Waals surface area contributed by atoms with Gasteiger partial charge in [-0.2, -0.15) is 0 Å². The molecule has 1 aliphatic heterocycles. The molecule has 0 spiro atoms. The predicted octanol–water partition coefficient (Wildman–Crippen LogP) is 3.34. The van der Waals surface area contributed by atoms with Gasteiger partial charge in [-0.1, -0.05) is 12.2 Å². The Bertz CT molecular complexity index is 744. The highest BCUT2D eigenvalue weighted by Gasteiger charge is 2.20. The van der Waals surface area contributed by atoms with Gasteiger partial charge in [0.2, 0.25) is 0 Å². The molecular weight excluding hydrogens is 339 g/mol. The Morgan fingerprint density at radius 1 is 0.920 bits per heavy atom. The van der Waals surface area contributed by atoms with Crippen LogP contribution < -0.4 is 14.4 Å². The van der Waals surface area contributed by atoms with Gasteiger partial charge < -0.3 is 19.3 Å². The Balaban J connectivity index is 1.66. The first-order valence-electron chi connectivity index (χ1n) is 8.14. The molecule has 0 unspecified atom stereocenters. The van der Waals surface area contributed by atoms with Crippen LogP contribution in [0.5, 0.6) is 11.5 Å². The maximum atomic E-state index is 13.1. The second-order valence-electron chi connectivity index (χ2n) is 5.83. The molecule has 4 nitrogen and oxygen atoms in total. The molecule has 0 aromatic heterocycles. The number of methoxy groups -OCH3 is 2. The molecule has 132 valence electrons. The van der Waals surface area contributed by atoms with Crippen LogP contribution in [0.4, 0.5) is 10.1 Å². The Labute approximate surface area is 152 Å². The molecule has 0 radical (unpaired) electrons. The van der Waals surface area contributed by atoms with E-state index in [1.54, 1.807) is 14.2 Å². The molecule has 0 atom stereocenters. The highest BCUT2D eigenvalue weighted by atomic mass is 32.1. The van der Waals surface area contributed by atoms with Crippen molar-refractivity contribution in [1.82, 2.24) is 4.90 Å². The van der Waals surface area contributed by atoms with E-state index in [0.29, 0.717) is 11.5 Å². The van der Waals surface area contributed by atoms with Gasteiger partial charge in [0.05, 0.1) is 14.2 Å². The van der Waals surface area contributed by atoms with Crippen molar-refractivity contribution >= 4 is 22.9 Å². The Hall–Kier alpha value is -2.34. The van der Waals surface area contributed by atoms with E-state index < -0.39 is 0 Å². The Kier molecular flexibility index (Phi) is 5.38. The molecule has 1 fully saturated rings. The van der Waals surface area contributed by atoms with E-state index >= 15 is 0 Å². The fraction of sp³-hybridized carbons (Fsp3) is 0.316. The Morgan fingerprint density at radius 2 is 1.56 bits per heavy atom. The molecular formula is C19H21FN2O2S. The third-order valence-electron chi connectivity index (χ3n) is 4.39. The third kappa shape index (κ3) is 3.85. The molecule has 1 aliphatic rings. The second kappa shape index (κ2) is 7.70. The minimum Gasteiger partial charge on any atom is -0.493 e. The van der Waals surface area contributed by atoms with E-state index in [-0.39, 0.29) is 5.82 Å². The van der Waals surface area contributed by atoms with Crippen LogP contribution in [0.15, 0.2) is 42.5 Å². The van der Waals surface area contributed by atoms with Crippen LogP contribution in [0.1, 0.15) is 5.56 Å². The van der Waals surface area contributed by atoms with Gasteiger partial charge in [0.15, 0.2) is 11.5 Å². The quantitative estimate of drug-likeness (QED) is 0.779. The number of benzene rings is 2. The van der Waals surface area contributed by atoms with Crippen molar-refractivity contribution in [2.24, 2.45) is 0 Å². The summed E-state index contributed by atoms with van der Waals surface area (Å²) in [6.07, 6.45) is 0. The topological polar surface area (TPSA) is 24.9 Å². The van der Waals surface area contributed by atoms with Crippen LogP contribution in [0.25, 0.3) is 0 Å². The second-order valence-corrected chi connectivity index (χ2v) is 6.21. The SMILES string of the molecule is COc1ccc(C(=S)N2CCN(c3ccc(F)cc3)CC2)cc1OC. The number of hydrogen-bond donors (Lipinski definition) is 0. The van der Waals surface area contributed by atoms with Gasteiger partial charge in [0.25, 0.3) is 0 Å².